The summed E-state index contributed by atoms with van der Waals surface area (Å²) in [7, 11) is 1.60. The second-order valence-corrected chi connectivity index (χ2v) is 6.17. The van der Waals surface area contributed by atoms with Gasteiger partial charge in [-0.15, -0.1) is 0 Å². The highest BCUT2D eigenvalue weighted by molar-refractivity contribution is 8.27. The van der Waals surface area contributed by atoms with Crippen molar-refractivity contribution in [1.82, 2.24) is 4.98 Å². The topological polar surface area (TPSA) is 42.4 Å². The number of hydrogen-bond acceptors (Lipinski definition) is 5. The van der Waals surface area contributed by atoms with Crippen molar-refractivity contribution in [1.29, 1.82) is 0 Å². The van der Waals surface area contributed by atoms with Gasteiger partial charge in [-0.1, -0.05) is 24.0 Å². The van der Waals surface area contributed by atoms with Crippen LogP contribution in [-0.4, -0.2) is 22.3 Å². The Morgan fingerprint density at radius 1 is 1.18 bits per heavy atom. The van der Waals surface area contributed by atoms with Gasteiger partial charge in [-0.3, -0.25) is 14.7 Å². The van der Waals surface area contributed by atoms with Gasteiger partial charge in [0.15, 0.2) is 4.32 Å². The van der Waals surface area contributed by atoms with Crippen LogP contribution in [0.15, 0.2) is 53.7 Å². The first-order valence-corrected chi connectivity index (χ1v) is 7.73. The van der Waals surface area contributed by atoms with E-state index in [4.69, 9.17) is 17.0 Å². The SMILES string of the molecule is COc1ccc(N2C(=O)/C(=C/c3ccncc3)SC2=S)cc1. The number of aromatic nitrogens is 1. The summed E-state index contributed by atoms with van der Waals surface area (Å²) in [5.41, 5.74) is 1.66. The quantitative estimate of drug-likeness (QED) is 0.637. The number of thioether (sulfide) groups is 1. The third kappa shape index (κ3) is 2.88. The number of thiocarbonyl (C=S) groups is 1. The predicted octanol–water partition coefficient (Wildman–Crippen LogP) is 3.50. The van der Waals surface area contributed by atoms with Gasteiger partial charge in [0.2, 0.25) is 0 Å². The summed E-state index contributed by atoms with van der Waals surface area (Å²) >= 11 is 6.64. The molecule has 2 aromatic rings. The molecule has 3 rings (SSSR count). The van der Waals surface area contributed by atoms with Crippen LogP contribution in [0.4, 0.5) is 5.69 Å². The molecule has 4 nitrogen and oxygen atoms in total. The van der Waals surface area contributed by atoms with Crippen molar-refractivity contribution >= 4 is 46.0 Å². The summed E-state index contributed by atoms with van der Waals surface area (Å²) in [5, 5.41) is 0. The zero-order chi connectivity index (χ0) is 15.5. The average Bonchev–Trinajstić information content (AvgIpc) is 2.82. The number of amides is 1. The van der Waals surface area contributed by atoms with Crippen molar-refractivity contribution in [2.75, 3.05) is 12.0 Å². The molecule has 0 N–H and O–H groups in total. The van der Waals surface area contributed by atoms with Crippen LogP contribution in [0.5, 0.6) is 5.75 Å². The van der Waals surface area contributed by atoms with Crippen LogP contribution in [0.3, 0.4) is 0 Å². The van der Waals surface area contributed by atoms with Crippen molar-refractivity contribution in [3.63, 3.8) is 0 Å². The Labute approximate surface area is 137 Å². The molecule has 0 saturated carbocycles. The monoisotopic (exact) mass is 328 g/mol. The van der Waals surface area contributed by atoms with Crippen LogP contribution in [0, 0.1) is 0 Å². The molecule has 1 aliphatic heterocycles. The van der Waals surface area contributed by atoms with E-state index >= 15 is 0 Å². The number of carbonyl (C=O) groups excluding carboxylic acids is 1. The van der Waals surface area contributed by atoms with Gasteiger partial charge in [0.1, 0.15) is 5.75 Å². The highest BCUT2D eigenvalue weighted by Crippen LogP contribution is 2.36. The number of nitrogens with zero attached hydrogens (tertiary/aromatic N) is 2. The minimum Gasteiger partial charge on any atom is -0.497 e. The van der Waals surface area contributed by atoms with Crippen molar-refractivity contribution in [2.45, 2.75) is 0 Å². The lowest BCUT2D eigenvalue weighted by molar-refractivity contribution is -0.113. The van der Waals surface area contributed by atoms with Crippen LogP contribution in [-0.2, 0) is 4.79 Å². The van der Waals surface area contributed by atoms with Gasteiger partial charge in [0.05, 0.1) is 17.7 Å². The van der Waals surface area contributed by atoms with Gasteiger partial charge in [-0.25, -0.2) is 0 Å². The fraction of sp³-hybridized carbons (Fsp3) is 0.0625. The number of hydrogen-bond donors (Lipinski definition) is 0. The molecule has 0 aliphatic carbocycles. The molecule has 110 valence electrons. The minimum atomic E-state index is -0.114. The van der Waals surface area contributed by atoms with Crippen molar-refractivity contribution in [2.24, 2.45) is 0 Å². The highest BCUT2D eigenvalue weighted by Gasteiger charge is 2.33. The van der Waals surface area contributed by atoms with E-state index < -0.39 is 0 Å². The van der Waals surface area contributed by atoms with Crippen LogP contribution in [0.25, 0.3) is 6.08 Å². The van der Waals surface area contributed by atoms with E-state index in [9.17, 15) is 4.79 Å². The minimum absolute atomic E-state index is 0.114. The van der Waals surface area contributed by atoms with E-state index in [0.29, 0.717) is 9.23 Å². The van der Waals surface area contributed by atoms with Crippen LogP contribution >= 0.6 is 24.0 Å². The maximum absolute atomic E-state index is 12.6. The summed E-state index contributed by atoms with van der Waals surface area (Å²) < 4.78 is 5.65. The molecule has 1 fully saturated rings. The Morgan fingerprint density at radius 3 is 2.50 bits per heavy atom. The summed E-state index contributed by atoms with van der Waals surface area (Å²) in [6, 6.07) is 10.9. The molecule has 1 aliphatic rings. The maximum Gasteiger partial charge on any atom is 0.270 e. The molecule has 0 atom stereocenters. The number of rotatable bonds is 3. The number of benzene rings is 1. The lowest BCUT2D eigenvalue weighted by atomic mass is 10.2. The predicted molar refractivity (Wildman–Crippen MR) is 92.9 cm³/mol. The van der Waals surface area contributed by atoms with E-state index in [2.05, 4.69) is 4.98 Å². The Kier molecular flexibility index (Phi) is 4.22. The highest BCUT2D eigenvalue weighted by atomic mass is 32.2. The molecule has 22 heavy (non-hydrogen) atoms. The van der Waals surface area contributed by atoms with Gasteiger partial charge in [0.25, 0.3) is 5.91 Å². The number of anilines is 1. The number of pyridine rings is 1. The normalized spacial score (nSPS) is 16.4. The Hall–Kier alpha value is -2.18. The molecule has 1 saturated heterocycles. The number of carbonyl (C=O) groups is 1. The third-order valence-electron chi connectivity index (χ3n) is 3.13. The fourth-order valence-corrected chi connectivity index (χ4v) is 3.33. The van der Waals surface area contributed by atoms with Crippen molar-refractivity contribution in [3.8, 4) is 5.75 Å². The zero-order valence-electron chi connectivity index (χ0n) is 11.7. The molecular formula is C16H12N2O2S2. The molecule has 1 aromatic heterocycles. The molecule has 0 radical (unpaired) electrons. The maximum atomic E-state index is 12.6. The molecule has 1 aromatic carbocycles. The van der Waals surface area contributed by atoms with Gasteiger partial charge < -0.3 is 4.74 Å². The molecule has 0 spiro atoms. The van der Waals surface area contributed by atoms with Crippen LogP contribution in [0.2, 0.25) is 0 Å². The summed E-state index contributed by atoms with van der Waals surface area (Å²) in [6.07, 6.45) is 5.20. The van der Waals surface area contributed by atoms with Gasteiger partial charge in [0, 0.05) is 12.4 Å². The lowest BCUT2D eigenvalue weighted by Crippen LogP contribution is -2.27. The Balaban J connectivity index is 1.89. The van der Waals surface area contributed by atoms with Crippen molar-refractivity contribution in [3.05, 3.63) is 59.3 Å². The van der Waals surface area contributed by atoms with Gasteiger partial charge >= 0.3 is 0 Å². The smallest absolute Gasteiger partial charge is 0.270 e. The van der Waals surface area contributed by atoms with E-state index in [-0.39, 0.29) is 5.91 Å². The van der Waals surface area contributed by atoms with E-state index in [0.717, 1.165) is 17.0 Å². The Bertz CT molecular complexity index is 743. The van der Waals surface area contributed by atoms with Gasteiger partial charge in [-0.2, -0.15) is 0 Å². The molecule has 1 amide bonds. The zero-order valence-corrected chi connectivity index (χ0v) is 13.4. The first-order chi connectivity index (χ1) is 10.7. The molecule has 0 bridgehead atoms. The molecule has 2 heterocycles. The Morgan fingerprint density at radius 2 is 1.86 bits per heavy atom. The second-order valence-electron chi connectivity index (χ2n) is 4.50. The third-order valence-corrected chi connectivity index (χ3v) is 4.43. The average molecular weight is 328 g/mol. The van der Waals surface area contributed by atoms with Gasteiger partial charge in [-0.05, 0) is 48.0 Å². The number of methoxy groups -OCH3 is 1. The molecule has 6 heteroatoms. The first-order valence-electron chi connectivity index (χ1n) is 6.51. The standard InChI is InChI=1S/C16H12N2O2S2/c1-20-13-4-2-12(3-5-13)18-15(19)14(22-16(18)21)10-11-6-8-17-9-7-11/h2-10H,1H3/b14-10-. The lowest BCUT2D eigenvalue weighted by Gasteiger charge is -2.14. The summed E-state index contributed by atoms with van der Waals surface area (Å²) in [6.45, 7) is 0. The summed E-state index contributed by atoms with van der Waals surface area (Å²) in [5.74, 6) is 0.624. The van der Waals surface area contributed by atoms with Crippen LogP contribution in [0.1, 0.15) is 5.56 Å². The first kappa shape index (κ1) is 14.7. The van der Waals surface area contributed by atoms with Crippen molar-refractivity contribution < 1.29 is 9.53 Å². The fourth-order valence-electron chi connectivity index (χ4n) is 2.03. The van der Waals surface area contributed by atoms with E-state index in [1.165, 1.54) is 16.7 Å². The van der Waals surface area contributed by atoms with E-state index in [1.807, 2.05) is 30.3 Å². The molecule has 0 unspecified atom stereocenters. The molecular weight excluding hydrogens is 316 g/mol. The largest absolute Gasteiger partial charge is 0.497 e. The number of ether oxygens (including phenoxy) is 1. The van der Waals surface area contributed by atoms with E-state index in [1.54, 1.807) is 31.6 Å². The second kappa shape index (κ2) is 6.29. The summed E-state index contributed by atoms with van der Waals surface area (Å²) in [4.78, 5) is 18.7. The van der Waals surface area contributed by atoms with Crippen LogP contribution < -0.4 is 9.64 Å².